The Hall–Kier alpha value is -2.37. The van der Waals surface area contributed by atoms with Crippen molar-refractivity contribution in [2.24, 2.45) is 7.05 Å². The first kappa shape index (κ1) is 12.1. The fraction of sp³-hybridized carbons (Fsp3) is 0.250. The highest BCUT2D eigenvalue weighted by Crippen LogP contribution is 2.19. The van der Waals surface area contributed by atoms with E-state index in [1.165, 1.54) is 9.58 Å². The first-order valence-corrected chi connectivity index (χ1v) is 5.50. The Balaban J connectivity index is 2.38. The second-order valence-corrected chi connectivity index (χ2v) is 4.02. The highest BCUT2D eigenvalue weighted by atomic mass is 16.2. The lowest BCUT2D eigenvalue weighted by atomic mass is 10.2. The van der Waals surface area contributed by atoms with Gasteiger partial charge in [0.2, 0.25) is 0 Å². The molecule has 0 fully saturated rings. The van der Waals surface area contributed by atoms with E-state index in [-0.39, 0.29) is 5.91 Å². The maximum Gasteiger partial charge on any atom is 0.279 e. The number of aryl methyl sites for hydroxylation is 2. The number of carbonyl (C=O) groups is 1. The average molecular weight is 245 g/mol. The maximum atomic E-state index is 12.3. The van der Waals surface area contributed by atoms with Gasteiger partial charge in [0, 0.05) is 20.3 Å². The SMILES string of the molecule is Cc1nn(C)c(C(=O)N(C)c2ccccn2)c1N. The molecule has 0 saturated carbocycles. The van der Waals surface area contributed by atoms with Gasteiger partial charge in [-0.1, -0.05) is 6.07 Å². The van der Waals surface area contributed by atoms with E-state index in [1.54, 1.807) is 39.3 Å². The Kier molecular flexibility index (Phi) is 3.01. The standard InChI is InChI=1S/C12H15N5O/c1-8-10(13)11(17(3)15-8)12(18)16(2)9-6-4-5-7-14-9/h4-7H,13H2,1-3H3. The van der Waals surface area contributed by atoms with Crippen molar-refractivity contribution in [3.8, 4) is 0 Å². The third kappa shape index (κ3) is 1.92. The van der Waals surface area contributed by atoms with Crippen LogP contribution in [0.4, 0.5) is 11.5 Å². The number of carbonyl (C=O) groups excluding carboxylic acids is 1. The van der Waals surface area contributed by atoms with Gasteiger partial charge in [-0.2, -0.15) is 5.10 Å². The molecule has 2 aromatic rings. The fourth-order valence-corrected chi connectivity index (χ4v) is 1.74. The number of aromatic nitrogens is 3. The van der Waals surface area contributed by atoms with Crippen molar-refractivity contribution in [1.82, 2.24) is 14.8 Å². The van der Waals surface area contributed by atoms with Crippen LogP contribution in [0.2, 0.25) is 0 Å². The number of rotatable bonds is 2. The van der Waals surface area contributed by atoms with Crippen LogP contribution in [0, 0.1) is 6.92 Å². The zero-order valence-corrected chi connectivity index (χ0v) is 10.6. The minimum absolute atomic E-state index is 0.227. The lowest BCUT2D eigenvalue weighted by Gasteiger charge is -2.16. The summed E-state index contributed by atoms with van der Waals surface area (Å²) in [5.74, 6) is 0.343. The van der Waals surface area contributed by atoms with Crippen LogP contribution in [0.15, 0.2) is 24.4 Å². The van der Waals surface area contributed by atoms with Crippen LogP contribution in [0.1, 0.15) is 16.2 Å². The second-order valence-electron chi connectivity index (χ2n) is 4.02. The van der Waals surface area contributed by atoms with Crippen molar-refractivity contribution in [1.29, 1.82) is 0 Å². The molecule has 6 nitrogen and oxygen atoms in total. The molecule has 0 spiro atoms. The number of anilines is 2. The molecule has 6 heteroatoms. The first-order chi connectivity index (χ1) is 8.52. The van der Waals surface area contributed by atoms with E-state index >= 15 is 0 Å². The number of nitrogens with zero attached hydrogens (tertiary/aromatic N) is 4. The normalized spacial score (nSPS) is 10.4. The molecule has 94 valence electrons. The van der Waals surface area contributed by atoms with Crippen LogP contribution in [0.3, 0.4) is 0 Å². The molecule has 2 rings (SSSR count). The molecule has 0 saturated heterocycles. The quantitative estimate of drug-likeness (QED) is 0.855. The summed E-state index contributed by atoms with van der Waals surface area (Å²) >= 11 is 0. The van der Waals surface area contributed by atoms with Gasteiger partial charge in [-0.15, -0.1) is 0 Å². The molecule has 0 atom stereocenters. The van der Waals surface area contributed by atoms with Crippen LogP contribution in [0.25, 0.3) is 0 Å². The molecular weight excluding hydrogens is 230 g/mol. The van der Waals surface area contributed by atoms with Gasteiger partial charge in [-0.25, -0.2) is 4.98 Å². The molecule has 2 N–H and O–H groups in total. The lowest BCUT2D eigenvalue weighted by Crippen LogP contribution is -2.29. The molecular formula is C12H15N5O. The predicted octanol–water partition coefficient (Wildman–Crippen LogP) is 0.982. The zero-order valence-electron chi connectivity index (χ0n) is 10.6. The minimum Gasteiger partial charge on any atom is -0.395 e. The number of hydrogen-bond donors (Lipinski definition) is 1. The van der Waals surface area contributed by atoms with E-state index in [0.29, 0.717) is 22.9 Å². The lowest BCUT2D eigenvalue weighted by molar-refractivity contribution is 0.0984. The molecule has 0 aliphatic rings. The average Bonchev–Trinajstić information content (AvgIpc) is 2.63. The van der Waals surface area contributed by atoms with Gasteiger partial charge in [0.05, 0.1) is 11.4 Å². The summed E-state index contributed by atoms with van der Waals surface area (Å²) in [7, 11) is 3.36. The van der Waals surface area contributed by atoms with Gasteiger partial charge in [0.15, 0.2) is 0 Å². The van der Waals surface area contributed by atoms with Crippen molar-refractivity contribution in [2.75, 3.05) is 17.7 Å². The van der Waals surface area contributed by atoms with Gasteiger partial charge in [0.1, 0.15) is 11.5 Å². The summed E-state index contributed by atoms with van der Waals surface area (Å²) in [6.07, 6.45) is 1.64. The van der Waals surface area contributed by atoms with Gasteiger partial charge in [-0.05, 0) is 19.1 Å². The minimum atomic E-state index is -0.227. The van der Waals surface area contributed by atoms with Crippen LogP contribution >= 0.6 is 0 Å². The Morgan fingerprint density at radius 1 is 1.44 bits per heavy atom. The number of nitrogens with two attached hydrogens (primary N) is 1. The fourth-order valence-electron chi connectivity index (χ4n) is 1.74. The van der Waals surface area contributed by atoms with E-state index in [0.717, 1.165) is 0 Å². The molecule has 0 aliphatic heterocycles. The molecule has 18 heavy (non-hydrogen) atoms. The summed E-state index contributed by atoms with van der Waals surface area (Å²) < 4.78 is 1.49. The molecule has 0 bridgehead atoms. The predicted molar refractivity (Wildman–Crippen MR) is 69.3 cm³/mol. The van der Waals surface area contributed by atoms with E-state index in [4.69, 9.17) is 5.73 Å². The zero-order chi connectivity index (χ0) is 13.3. The van der Waals surface area contributed by atoms with Crippen molar-refractivity contribution < 1.29 is 4.79 Å². The Morgan fingerprint density at radius 3 is 2.67 bits per heavy atom. The van der Waals surface area contributed by atoms with Gasteiger partial charge in [-0.3, -0.25) is 14.4 Å². The summed E-state index contributed by atoms with van der Waals surface area (Å²) in [6.45, 7) is 1.77. The summed E-state index contributed by atoms with van der Waals surface area (Å²) in [5, 5.41) is 4.13. The molecule has 0 unspecified atom stereocenters. The van der Waals surface area contributed by atoms with Crippen LogP contribution in [-0.2, 0) is 7.05 Å². The van der Waals surface area contributed by atoms with Crippen molar-refractivity contribution >= 4 is 17.4 Å². The Labute approximate surface area is 105 Å². The smallest absolute Gasteiger partial charge is 0.279 e. The summed E-state index contributed by atoms with van der Waals surface area (Å²) in [5.41, 5.74) is 7.30. The number of amides is 1. The molecule has 2 heterocycles. The first-order valence-electron chi connectivity index (χ1n) is 5.50. The van der Waals surface area contributed by atoms with Gasteiger partial charge in [0.25, 0.3) is 5.91 Å². The van der Waals surface area contributed by atoms with E-state index < -0.39 is 0 Å². The number of nitrogen functional groups attached to an aromatic ring is 1. The number of pyridine rings is 1. The summed E-state index contributed by atoms with van der Waals surface area (Å²) in [6, 6.07) is 5.38. The third-order valence-corrected chi connectivity index (χ3v) is 2.77. The third-order valence-electron chi connectivity index (χ3n) is 2.77. The molecule has 0 aliphatic carbocycles. The highest BCUT2D eigenvalue weighted by molar-refractivity contribution is 6.07. The van der Waals surface area contributed by atoms with Crippen LogP contribution < -0.4 is 10.6 Å². The van der Waals surface area contributed by atoms with Crippen molar-refractivity contribution in [3.05, 3.63) is 35.8 Å². The maximum absolute atomic E-state index is 12.3. The topological polar surface area (TPSA) is 77.0 Å². The van der Waals surface area contributed by atoms with Crippen molar-refractivity contribution in [2.45, 2.75) is 6.92 Å². The van der Waals surface area contributed by atoms with Crippen LogP contribution in [-0.4, -0.2) is 27.7 Å². The van der Waals surface area contributed by atoms with Crippen LogP contribution in [0.5, 0.6) is 0 Å². The molecule has 0 aromatic carbocycles. The van der Waals surface area contributed by atoms with E-state index in [9.17, 15) is 4.79 Å². The molecule has 1 amide bonds. The Bertz CT molecular complexity index is 576. The Morgan fingerprint density at radius 2 is 2.17 bits per heavy atom. The van der Waals surface area contributed by atoms with Gasteiger partial charge >= 0.3 is 0 Å². The van der Waals surface area contributed by atoms with Gasteiger partial charge < -0.3 is 5.73 Å². The monoisotopic (exact) mass is 245 g/mol. The van der Waals surface area contributed by atoms with E-state index in [2.05, 4.69) is 10.1 Å². The second kappa shape index (κ2) is 4.48. The highest BCUT2D eigenvalue weighted by Gasteiger charge is 2.22. The molecule has 2 aromatic heterocycles. The summed E-state index contributed by atoms with van der Waals surface area (Å²) in [4.78, 5) is 17.9. The largest absolute Gasteiger partial charge is 0.395 e. The molecule has 0 radical (unpaired) electrons. The number of hydrogen-bond acceptors (Lipinski definition) is 4. The van der Waals surface area contributed by atoms with E-state index in [1.807, 2.05) is 6.07 Å². The van der Waals surface area contributed by atoms with Crippen molar-refractivity contribution in [3.63, 3.8) is 0 Å².